The number of nitrogens with one attached hydrogen (secondary N) is 1. The Morgan fingerprint density at radius 1 is 1.32 bits per heavy atom. The van der Waals surface area contributed by atoms with E-state index in [0.717, 1.165) is 16.2 Å². The lowest BCUT2D eigenvalue weighted by Crippen LogP contribution is -2.45. The van der Waals surface area contributed by atoms with Gasteiger partial charge in [0.25, 0.3) is 5.91 Å². The van der Waals surface area contributed by atoms with E-state index in [-0.39, 0.29) is 11.9 Å². The number of imide groups is 1. The Hall–Kier alpha value is -2.30. The number of aryl methyl sites for hydroxylation is 1. The van der Waals surface area contributed by atoms with Crippen LogP contribution >= 0.6 is 0 Å². The highest BCUT2D eigenvalue weighted by molar-refractivity contribution is 6.01. The minimum atomic E-state index is -0.631. The summed E-state index contributed by atoms with van der Waals surface area (Å²) in [6.07, 6.45) is 2.52. The van der Waals surface area contributed by atoms with E-state index in [9.17, 15) is 9.59 Å². The number of hydrogen-bond acceptors (Lipinski definition) is 4. The van der Waals surface area contributed by atoms with E-state index in [1.807, 2.05) is 31.2 Å². The summed E-state index contributed by atoms with van der Waals surface area (Å²) in [5.74, 6) is -0.342. The highest BCUT2D eigenvalue weighted by atomic mass is 16.6. The molecule has 1 aromatic rings. The number of rotatable bonds is 3. The molecule has 2 rings (SSSR count). The SMILES string of the molecule is Cc1ccccc1NCC1C=CC(=O)N1C(=O)OC(C)(C)C. The fourth-order valence-corrected chi connectivity index (χ4v) is 2.20. The summed E-state index contributed by atoms with van der Waals surface area (Å²) in [7, 11) is 0. The van der Waals surface area contributed by atoms with Crippen molar-refractivity contribution < 1.29 is 14.3 Å². The van der Waals surface area contributed by atoms with Gasteiger partial charge in [-0.3, -0.25) is 4.79 Å². The third kappa shape index (κ3) is 3.87. The van der Waals surface area contributed by atoms with Crippen LogP contribution in [0, 0.1) is 6.92 Å². The summed E-state index contributed by atoms with van der Waals surface area (Å²) in [5.41, 5.74) is 1.47. The average Bonchev–Trinajstić information content (AvgIpc) is 2.77. The maximum absolute atomic E-state index is 12.2. The first kappa shape index (κ1) is 16.1. The van der Waals surface area contributed by atoms with E-state index in [4.69, 9.17) is 4.74 Å². The van der Waals surface area contributed by atoms with E-state index in [1.165, 1.54) is 6.08 Å². The van der Waals surface area contributed by atoms with Gasteiger partial charge in [-0.15, -0.1) is 0 Å². The number of amides is 2. The summed E-state index contributed by atoms with van der Waals surface area (Å²) >= 11 is 0. The molecule has 0 aromatic heterocycles. The van der Waals surface area contributed by atoms with Crippen LogP contribution in [-0.2, 0) is 9.53 Å². The lowest BCUT2D eigenvalue weighted by molar-refractivity contribution is -0.125. The summed E-state index contributed by atoms with van der Waals surface area (Å²) in [5, 5.41) is 3.27. The summed E-state index contributed by atoms with van der Waals surface area (Å²) < 4.78 is 5.30. The van der Waals surface area contributed by atoms with Crippen molar-refractivity contribution in [1.82, 2.24) is 4.90 Å². The smallest absolute Gasteiger partial charge is 0.417 e. The maximum atomic E-state index is 12.2. The molecule has 1 N–H and O–H groups in total. The number of benzene rings is 1. The predicted molar refractivity (Wildman–Crippen MR) is 85.7 cm³/mol. The molecule has 5 heteroatoms. The molecule has 1 heterocycles. The van der Waals surface area contributed by atoms with Crippen LogP contribution in [-0.4, -0.2) is 35.1 Å². The monoisotopic (exact) mass is 302 g/mol. The van der Waals surface area contributed by atoms with E-state index >= 15 is 0 Å². The van der Waals surface area contributed by atoms with Crippen molar-refractivity contribution in [3.8, 4) is 0 Å². The molecule has 0 saturated carbocycles. The van der Waals surface area contributed by atoms with Crippen LogP contribution in [0.3, 0.4) is 0 Å². The van der Waals surface area contributed by atoms with Crippen molar-refractivity contribution in [2.24, 2.45) is 0 Å². The van der Waals surface area contributed by atoms with Gasteiger partial charge in [0.05, 0.1) is 6.04 Å². The first-order chi connectivity index (χ1) is 10.3. The third-order valence-corrected chi connectivity index (χ3v) is 3.27. The first-order valence-electron chi connectivity index (χ1n) is 7.32. The van der Waals surface area contributed by atoms with Crippen LogP contribution in [0.15, 0.2) is 36.4 Å². The number of carbonyl (C=O) groups is 2. The summed E-state index contributed by atoms with van der Waals surface area (Å²) in [4.78, 5) is 25.2. The van der Waals surface area contributed by atoms with Crippen molar-refractivity contribution in [3.63, 3.8) is 0 Å². The topological polar surface area (TPSA) is 58.6 Å². The van der Waals surface area contributed by atoms with E-state index in [0.29, 0.717) is 6.54 Å². The molecule has 0 aliphatic carbocycles. The molecule has 0 spiro atoms. The molecule has 0 fully saturated rings. The summed E-state index contributed by atoms with van der Waals surface area (Å²) in [6, 6.07) is 7.53. The molecular formula is C17H22N2O3. The molecule has 0 saturated heterocycles. The lowest BCUT2D eigenvalue weighted by Gasteiger charge is -2.27. The van der Waals surface area contributed by atoms with Crippen LogP contribution in [0.1, 0.15) is 26.3 Å². The van der Waals surface area contributed by atoms with Crippen molar-refractivity contribution in [1.29, 1.82) is 0 Å². The fraction of sp³-hybridized carbons (Fsp3) is 0.412. The van der Waals surface area contributed by atoms with Gasteiger partial charge in [0.1, 0.15) is 5.60 Å². The maximum Gasteiger partial charge on any atom is 0.417 e. The molecule has 1 unspecified atom stereocenters. The fourth-order valence-electron chi connectivity index (χ4n) is 2.20. The van der Waals surface area contributed by atoms with Gasteiger partial charge >= 0.3 is 6.09 Å². The largest absolute Gasteiger partial charge is 0.443 e. The van der Waals surface area contributed by atoms with Crippen LogP contribution < -0.4 is 5.32 Å². The number of nitrogens with zero attached hydrogens (tertiary/aromatic N) is 1. The van der Waals surface area contributed by atoms with Gasteiger partial charge in [-0.05, 0) is 39.3 Å². The van der Waals surface area contributed by atoms with E-state index in [1.54, 1.807) is 26.8 Å². The zero-order valence-electron chi connectivity index (χ0n) is 13.4. The molecule has 1 aliphatic heterocycles. The summed E-state index contributed by atoms with van der Waals surface area (Å²) in [6.45, 7) is 7.79. The quantitative estimate of drug-likeness (QED) is 0.932. The molecule has 0 bridgehead atoms. The molecule has 5 nitrogen and oxygen atoms in total. The second kappa shape index (κ2) is 6.22. The first-order valence-corrected chi connectivity index (χ1v) is 7.32. The van der Waals surface area contributed by atoms with E-state index < -0.39 is 11.7 Å². The number of anilines is 1. The van der Waals surface area contributed by atoms with Gasteiger partial charge < -0.3 is 10.1 Å². The zero-order valence-corrected chi connectivity index (χ0v) is 13.4. The average molecular weight is 302 g/mol. The van der Waals surface area contributed by atoms with Gasteiger partial charge in [-0.2, -0.15) is 0 Å². The van der Waals surface area contributed by atoms with Gasteiger partial charge in [0, 0.05) is 18.3 Å². The Morgan fingerprint density at radius 3 is 2.64 bits per heavy atom. The van der Waals surface area contributed by atoms with Crippen LogP contribution in [0.25, 0.3) is 0 Å². The van der Waals surface area contributed by atoms with Crippen molar-refractivity contribution in [2.75, 3.05) is 11.9 Å². The van der Waals surface area contributed by atoms with E-state index in [2.05, 4.69) is 5.32 Å². The van der Waals surface area contributed by atoms with Gasteiger partial charge in [0.15, 0.2) is 0 Å². The normalized spacial score (nSPS) is 17.7. The Balaban J connectivity index is 2.03. The van der Waals surface area contributed by atoms with Crippen molar-refractivity contribution in [3.05, 3.63) is 42.0 Å². The predicted octanol–water partition coefficient (Wildman–Crippen LogP) is 3.11. The molecule has 2 amide bonds. The second-order valence-electron chi connectivity index (χ2n) is 6.31. The number of para-hydroxylation sites is 1. The standard InChI is InChI=1S/C17H22N2O3/c1-12-7-5-6-8-14(12)18-11-13-9-10-15(20)19(13)16(21)22-17(2,3)4/h5-10,13,18H,11H2,1-4H3. The Bertz CT molecular complexity index is 602. The Morgan fingerprint density at radius 2 is 2.00 bits per heavy atom. The molecule has 1 aromatic carbocycles. The number of ether oxygens (including phenoxy) is 1. The molecule has 1 atom stereocenters. The number of hydrogen-bond donors (Lipinski definition) is 1. The van der Waals surface area contributed by atoms with Crippen LogP contribution in [0.4, 0.5) is 10.5 Å². The van der Waals surface area contributed by atoms with Gasteiger partial charge in [-0.1, -0.05) is 24.3 Å². The molecule has 22 heavy (non-hydrogen) atoms. The van der Waals surface area contributed by atoms with Gasteiger partial charge in [0.2, 0.25) is 0 Å². The zero-order chi connectivity index (χ0) is 16.3. The molecule has 1 aliphatic rings. The van der Waals surface area contributed by atoms with Crippen LogP contribution in [0.2, 0.25) is 0 Å². The second-order valence-corrected chi connectivity index (χ2v) is 6.31. The molecular weight excluding hydrogens is 280 g/mol. The van der Waals surface area contributed by atoms with Crippen molar-refractivity contribution in [2.45, 2.75) is 39.3 Å². The highest BCUT2D eigenvalue weighted by Crippen LogP contribution is 2.19. The lowest BCUT2D eigenvalue weighted by atomic mass is 10.2. The minimum Gasteiger partial charge on any atom is -0.443 e. The van der Waals surface area contributed by atoms with Crippen molar-refractivity contribution >= 4 is 17.7 Å². The Kier molecular flexibility index (Phi) is 4.54. The number of carbonyl (C=O) groups excluding carboxylic acids is 2. The molecule has 118 valence electrons. The molecule has 0 radical (unpaired) electrons. The van der Waals surface area contributed by atoms with Crippen LogP contribution in [0.5, 0.6) is 0 Å². The third-order valence-electron chi connectivity index (χ3n) is 3.27. The highest BCUT2D eigenvalue weighted by Gasteiger charge is 2.34. The Labute approximate surface area is 130 Å². The minimum absolute atomic E-state index is 0.342. The van der Waals surface area contributed by atoms with Gasteiger partial charge in [-0.25, -0.2) is 9.69 Å².